The quantitative estimate of drug-likeness (QED) is 0.268. The van der Waals surface area contributed by atoms with Gasteiger partial charge in [0.1, 0.15) is 0 Å². The fourth-order valence-corrected chi connectivity index (χ4v) is 4.11. The number of rotatable bonds is 8. The van der Waals surface area contributed by atoms with Crippen molar-refractivity contribution in [3.63, 3.8) is 0 Å². The molecule has 2 aromatic carbocycles. The predicted octanol–water partition coefficient (Wildman–Crippen LogP) is 4.00. The van der Waals surface area contributed by atoms with E-state index in [1.54, 1.807) is 12.4 Å². The molecule has 7 nitrogen and oxygen atoms in total. The Hall–Kier alpha value is -4.23. The summed E-state index contributed by atoms with van der Waals surface area (Å²) in [6, 6.07) is 22.1. The lowest BCUT2D eigenvalue weighted by Gasteiger charge is -2.12. The summed E-state index contributed by atoms with van der Waals surface area (Å²) in [4.78, 5) is 31.5. The first-order chi connectivity index (χ1) is 16.7. The van der Waals surface area contributed by atoms with E-state index in [2.05, 4.69) is 44.8 Å². The zero-order chi connectivity index (χ0) is 23.3. The molecule has 4 N–H and O–H groups in total. The molecule has 3 aromatic heterocycles. The van der Waals surface area contributed by atoms with Crippen molar-refractivity contribution in [1.82, 2.24) is 25.5 Å². The second kappa shape index (κ2) is 9.72. The number of aromatic nitrogens is 4. The summed E-state index contributed by atoms with van der Waals surface area (Å²) in [6.45, 7) is 1.57. The standard InChI is InChI=1S/C27H25N5O2/c33-26-21(17-30-32-26)7-4-13-28-16-18-8-10-20(11-9-18)25-22(19-5-2-1-3-6-19)15-23-24(31-25)12-14-29-27(23)34/h1-3,5-6,8-12,14-15,17,28H,4,7,13,16H2,(H,29,34)(H2,30,32,33). The normalized spacial score (nSPS) is 11.2. The largest absolute Gasteiger partial charge is 0.328 e. The molecule has 0 aliphatic rings. The highest BCUT2D eigenvalue weighted by Gasteiger charge is 2.13. The lowest BCUT2D eigenvalue weighted by Crippen LogP contribution is -2.16. The van der Waals surface area contributed by atoms with Gasteiger partial charge in [-0.25, -0.2) is 4.98 Å². The molecule has 0 atom stereocenters. The second-order valence-corrected chi connectivity index (χ2v) is 8.24. The maximum atomic E-state index is 12.4. The van der Waals surface area contributed by atoms with Gasteiger partial charge in [0.2, 0.25) is 0 Å². The Bertz CT molecular complexity index is 1520. The third kappa shape index (κ3) is 4.60. The summed E-state index contributed by atoms with van der Waals surface area (Å²) in [7, 11) is 0. The molecule has 170 valence electrons. The number of aryl methyl sites for hydroxylation is 1. The van der Waals surface area contributed by atoms with Crippen molar-refractivity contribution < 1.29 is 0 Å². The lowest BCUT2D eigenvalue weighted by atomic mass is 9.97. The summed E-state index contributed by atoms with van der Waals surface area (Å²) >= 11 is 0. The molecule has 0 aliphatic heterocycles. The third-order valence-corrected chi connectivity index (χ3v) is 5.92. The van der Waals surface area contributed by atoms with Crippen LogP contribution >= 0.6 is 0 Å². The molecule has 5 aromatic rings. The van der Waals surface area contributed by atoms with Gasteiger partial charge in [0, 0.05) is 35.6 Å². The number of aromatic amines is 3. The molecule has 0 saturated carbocycles. The van der Waals surface area contributed by atoms with Crippen molar-refractivity contribution >= 4 is 10.9 Å². The van der Waals surface area contributed by atoms with Gasteiger partial charge in [-0.3, -0.25) is 14.7 Å². The summed E-state index contributed by atoms with van der Waals surface area (Å²) in [5.41, 5.74) is 6.22. The predicted molar refractivity (Wildman–Crippen MR) is 135 cm³/mol. The molecular formula is C27H25N5O2. The SMILES string of the molecule is O=c1[nH][nH]cc1CCCNCc1ccc(-c2nc3cc[nH]c(=O)c3cc2-c2ccccc2)cc1. The average molecular weight is 452 g/mol. The molecule has 0 bridgehead atoms. The molecule has 3 heterocycles. The van der Waals surface area contributed by atoms with E-state index in [4.69, 9.17) is 4.98 Å². The van der Waals surface area contributed by atoms with Crippen LogP contribution in [0.2, 0.25) is 0 Å². The van der Waals surface area contributed by atoms with Crippen LogP contribution in [0.25, 0.3) is 33.3 Å². The number of benzene rings is 2. The zero-order valence-corrected chi connectivity index (χ0v) is 18.6. The second-order valence-electron chi connectivity index (χ2n) is 8.24. The van der Waals surface area contributed by atoms with E-state index in [1.165, 1.54) is 5.56 Å². The number of H-pyrrole nitrogens is 3. The fourth-order valence-electron chi connectivity index (χ4n) is 4.11. The van der Waals surface area contributed by atoms with Crippen LogP contribution < -0.4 is 16.4 Å². The molecule has 34 heavy (non-hydrogen) atoms. The Morgan fingerprint density at radius 1 is 0.882 bits per heavy atom. The molecule has 0 amide bonds. The van der Waals surface area contributed by atoms with Crippen LogP contribution in [0.5, 0.6) is 0 Å². The van der Waals surface area contributed by atoms with Crippen LogP contribution in [0.3, 0.4) is 0 Å². The minimum atomic E-state index is -0.142. The number of nitrogens with zero attached hydrogens (tertiary/aromatic N) is 1. The maximum absolute atomic E-state index is 12.4. The number of hydrogen-bond acceptors (Lipinski definition) is 4. The van der Waals surface area contributed by atoms with E-state index in [0.717, 1.165) is 53.9 Å². The van der Waals surface area contributed by atoms with E-state index in [0.29, 0.717) is 10.9 Å². The summed E-state index contributed by atoms with van der Waals surface area (Å²) in [5.74, 6) is 0. The fraction of sp³-hybridized carbons (Fsp3) is 0.148. The van der Waals surface area contributed by atoms with Gasteiger partial charge in [0.05, 0.1) is 16.6 Å². The molecule has 7 heteroatoms. The van der Waals surface area contributed by atoms with E-state index < -0.39 is 0 Å². The minimum absolute atomic E-state index is 0.0441. The van der Waals surface area contributed by atoms with Crippen molar-refractivity contribution in [3.05, 3.63) is 111 Å². The first-order valence-electron chi connectivity index (χ1n) is 11.3. The van der Waals surface area contributed by atoms with Crippen molar-refractivity contribution in [2.45, 2.75) is 19.4 Å². The molecule has 0 saturated heterocycles. The Kier molecular flexibility index (Phi) is 6.18. The molecular weight excluding hydrogens is 426 g/mol. The number of hydrogen-bond donors (Lipinski definition) is 4. The minimum Gasteiger partial charge on any atom is -0.328 e. The number of pyridine rings is 2. The highest BCUT2D eigenvalue weighted by Crippen LogP contribution is 2.32. The summed E-state index contributed by atoms with van der Waals surface area (Å²) in [5, 5.41) is 9.30. The number of fused-ring (bicyclic) bond motifs is 1. The van der Waals surface area contributed by atoms with Crippen molar-refractivity contribution in [1.29, 1.82) is 0 Å². The molecule has 0 unspecified atom stereocenters. The van der Waals surface area contributed by atoms with Gasteiger partial charge < -0.3 is 15.4 Å². The van der Waals surface area contributed by atoms with Gasteiger partial charge in [0.25, 0.3) is 11.1 Å². The Balaban J connectivity index is 1.34. The van der Waals surface area contributed by atoms with Crippen molar-refractivity contribution in [3.8, 4) is 22.4 Å². The maximum Gasteiger partial charge on any atom is 0.267 e. The van der Waals surface area contributed by atoms with Crippen LogP contribution in [0.4, 0.5) is 0 Å². The summed E-state index contributed by atoms with van der Waals surface area (Å²) in [6.07, 6.45) is 4.98. The van der Waals surface area contributed by atoms with E-state index in [-0.39, 0.29) is 11.1 Å². The van der Waals surface area contributed by atoms with Gasteiger partial charge in [0.15, 0.2) is 0 Å². The molecule has 0 fully saturated rings. The van der Waals surface area contributed by atoms with E-state index in [1.807, 2.05) is 42.5 Å². The van der Waals surface area contributed by atoms with Gasteiger partial charge in [-0.05, 0) is 42.6 Å². The van der Waals surface area contributed by atoms with Crippen LogP contribution in [-0.4, -0.2) is 26.7 Å². The van der Waals surface area contributed by atoms with E-state index >= 15 is 0 Å². The molecule has 0 radical (unpaired) electrons. The Labute approximate surface area is 195 Å². The molecule has 0 aliphatic carbocycles. The van der Waals surface area contributed by atoms with E-state index in [9.17, 15) is 9.59 Å². The topological polar surface area (TPSA) is 106 Å². The Morgan fingerprint density at radius 2 is 1.71 bits per heavy atom. The zero-order valence-electron chi connectivity index (χ0n) is 18.6. The van der Waals surface area contributed by atoms with Crippen LogP contribution in [-0.2, 0) is 13.0 Å². The van der Waals surface area contributed by atoms with Gasteiger partial charge in [-0.1, -0.05) is 54.6 Å². The first-order valence-corrected chi connectivity index (χ1v) is 11.3. The van der Waals surface area contributed by atoms with Gasteiger partial charge >= 0.3 is 0 Å². The number of nitrogens with one attached hydrogen (secondary N) is 4. The van der Waals surface area contributed by atoms with Crippen LogP contribution in [0.1, 0.15) is 17.5 Å². The third-order valence-electron chi connectivity index (χ3n) is 5.92. The monoisotopic (exact) mass is 451 g/mol. The van der Waals surface area contributed by atoms with Crippen LogP contribution in [0.15, 0.2) is 88.7 Å². The Morgan fingerprint density at radius 3 is 2.47 bits per heavy atom. The molecule has 0 spiro atoms. The van der Waals surface area contributed by atoms with Crippen LogP contribution in [0, 0.1) is 0 Å². The first kappa shape index (κ1) is 21.6. The van der Waals surface area contributed by atoms with Crippen molar-refractivity contribution in [2.75, 3.05) is 6.54 Å². The summed E-state index contributed by atoms with van der Waals surface area (Å²) < 4.78 is 0. The lowest BCUT2D eigenvalue weighted by molar-refractivity contribution is 0.648. The average Bonchev–Trinajstić information content (AvgIpc) is 3.29. The van der Waals surface area contributed by atoms with Crippen molar-refractivity contribution in [2.24, 2.45) is 0 Å². The molecule has 5 rings (SSSR count). The van der Waals surface area contributed by atoms with Gasteiger partial charge in [-0.15, -0.1) is 0 Å². The van der Waals surface area contributed by atoms with Gasteiger partial charge in [-0.2, -0.15) is 0 Å². The smallest absolute Gasteiger partial charge is 0.267 e. The highest BCUT2D eigenvalue weighted by molar-refractivity contribution is 5.91. The highest BCUT2D eigenvalue weighted by atomic mass is 16.1.